The number of fused-ring (bicyclic) bond motifs is 3. The molecule has 2 fully saturated rings. The Balaban J connectivity index is 1.27. The highest BCUT2D eigenvalue weighted by Crippen LogP contribution is 2.51. The lowest BCUT2D eigenvalue weighted by molar-refractivity contribution is -0.122. The first-order valence-corrected chi connectivity index (χ1v) is 13.7. The van der Waals surface area contributed by atoms with Gasteiger partial charge in [-0.1, -0.05) is 48.9 Å². The number of carbonyl (C=O) groups is 2. The Kier molecular flexibility index (Phi) is 6.88. The summed E-state index contributed by atoms with van der Waals surface area (Å²) < 4.78 is 6.39. The minimum Gasteiger partial charge on any atom is -0.508 e. The van der Waals surface area contributed by atoms with Crippen LogP contribution in [0.5, 0.6) is 5.75 Å². The maximum atomic E-state index is 13.7. The number of nitrogens with zero attached hydrogens (tertiary/aromatic N) is 2. The number of allylic oxidation sites excluding steroid dienone is 2. The molecule has 0 spiro atoms. The fraction of sp³-hybridized carbons (Fsp3) is 0.303. The molecule has 0 radical (unpaired) electrons. The number of carbonyl (C=O) groups excluding carboxylic acids is 2. The zero-order valence-electron chi connectivity index (χ0n) is 22.0. The summed E-state index contributed by atoms with van der Waals surface area (Å²) in [5.41, 5.74) is 5.99. The Labute approximate surface area is 228 Å². The highest BCUT2D eigenvalue weighted by Gasteiger charge is 2.57. The number of rotatable bonds is 7. The highest BCUT2D eigenvalue weighted by molar-refractivity contribution is 6.22. The molecule has 1 aliphatic carbocycles. The lowest BCUT2D eigenvalue weighted by Gasteiger charge is -2.31. The average Bonchev–Trinajstić information content (AvgIpc) is 3.49. The van der Waals surface area contributed by atoms with E-state index in [1.165, 1.54) is 16.0 Å². The van der Waals surface area contributed by atoms with Crippen LogP contribution >= 0.6 is 0 Å². The third kappa shape index (κ3) is 4.70. The normalized spacial score (nSPS) is 24.7. The Bertz CT molecular complexity index is 1450. The molecule has 3 aromatic rings. The fourth-order valence-corrected chi connectivity index (χ4v) is 6.57. The second kappa shape index (κ2) is 10.6. The number of anilines is 1. The van der Waals surface area contributed by atoms with Gasteiger partial charge in [-0.25, -0.2) is 0 Å². The number of aromatic hydroxyl groups is 1. The number of amides is 2. The summed E-state index contributed by atoms with van der Waals surface area (Å²) in [5.74, 6) is -0.722. The number of hydrogen-bond donors (Lipinski definition) is 1. The van der Waals surface area contributed by atoms with E-state index in [0.717, 1.165) is 36.1 Å². The van der Waals surface area contributed by atoms with Crippen LogP contribution in [0.15, 0.2) is 90.1 Å². The molecule has 2 amide bonds. The van der Waals surface area contributed by atoms with E-state index in [1.807, 2.05) is 60.7 Å². The van der Waals surface area contributed by atoms with E-state index >= 15 is 0 Å². The molecule has 2 saturated heterocycles. The molecule has 39 heavy (non-hydrogen) atoms. The minimum atomic E-state index is -0.369. The van der Waals surface area contributed by atoms with Crippen molar-refractivity contribution in [3.8, 4) is 5.75 Å². The summed E-state index contributed by atoms with van der Waals surface area (Å²) in [7, 11) is 0. The van der Waals surface area contributed by atoms with Gasteiger partial charge >= 0.3 is 0 Å². The van der Waals surface area contributed by atoms with Crippen molar-refractivity contribution in [2.75, 3.05) is 11.5 Å². The van der Waals surface area contributed by atoms with Gasteiger partial charge in [0.25, 0.3) is 0 Å². The van der Waals surface area contributed by atoms with Crippen molar-refractivity contribution in [3.05, 3.63) is 101 Å². The molecular formula is C33H32N2O4. The highest BCUT2D eigenvalue weighted by atomic mass is 16.5. The van der Waals surface area contributed by atoms with Crippen LogP contribution in [0.25, 0.3) is 11.6 Å². The molecule has 6 heteroatoms. The molecule has 1 aromatic heterocycles. The van der Waals surface area contributed by atoms with Crippen molar-refractivity contribution >= 4 is 29.2 Å². The van der Waals surface area contributed by atoms with E-state index in [1.54, 1.807) is 18.3 Å². The minimum absolute atomic E-state index is 0.0674. The molecule has 4 atom stereocenters. The topological polar surface area (TPSA) is 79.7 Å². The van der Waals surface area contributed by atoms with E-state index in [4.69, 9.17) is 4.74 Å². The van der Waals surface area contributed by atoms with Crippen molar-refractivity contribution in [2.45, 2.75) is 38.7 Å². The van der Waals surface area contributed by atoms with Gasteiger partial charge in [0.1, 0.15) is 5.75 Å². The molecule has 2 aliphatic heterocycles. The number of imide groups is 1. The molecule has 0 unspecified atom stereocenters. The van der Waals surface area contributed by atoms with E-state index in [-0.39, 0.29) is 41.4 Å². The quantitative estimate of drug-likeness (QED) is 0.304. The van der Waals surface area contributed by atoms with Crippen LogP contribution in [0.2, 0.25) is 0 Å². The largest absolute Gasteiger partial charge is 0.508 e. The number of hydrogen-bond acceptors (Lipinski definition) is 5. The van der Waals surface area contributed by atoms with Gasteiger partial charge in [-0.2, -0.15) is 0 Å². The summed E-state index contributed by atoms with van der Waals surface area (Å²) >= 11 is 0. The van der Waals surface area contributed by atoms with Crippen LogP contribution in [-0.2, 0) is 14.3 Å². The number of ether oxygens (including phenoxy) is 1. The first-order chi connectivity index (χ1) is 19.0. The number of benzene rings is 2. The number of aromatic nitrogens is 1. The van der Waals surface area contributed by atoms with Gasteiger partial charge in [-0.15, -0.1) is 0 Å². The first kappa shape index (κ1) is 25.3. The third-order valence-corrected chi connectivity index (χ3v) is 8.33. The molecule has 0 saturated carbocycles. The van der Waals surface area contributed by atoms with Crippen molar-refractivity contribution < 1.29 is 19.4 Å². The van der Waals surface area contributed by atoms with Gasteiger partial charge in [-0.3, -0.25) is 19.5 Å². The number of para-hydroxylation sites is 1. The monoisotopic (exact) mass is 520 g/mol. The van der Waals surface area contributed by atoms with Crippen molar-refractivity contribution in [3.63, 3.8) is 0 Å². The molecule has 6 nitrogen and oxygen atoms in total. The lowest BCUT2D eigenvalue weighted by atomic mass is 9.69. The molecule has 3 aliphatic rings. The van der Waals surface area contributed by atoms with E-state index in [2.05, 4.69) is 18.0 Å². The number of phenols is 1. The Morgan fingerprint density at radius 1 is 1.03 bits per heavy atom. The zero-order chi connectivity index (χ0) is 26.9. The Morgan fingerprint density at radius 2 is 1.85 bits per heavy atom. The second-order valence-electron chi connectivity index (χ2n) is 10.5. The summed E-state index contributed by atoms with van der Waals surface area (Å²) in [6.07, 6.45) is 6.68. The van der Waals surface area contributed by atoms with Gasteiger partial charge in [0.05, 0.1) is 35.9 Å². The molecule has 2 aromatic carbocycles. The van der Waals surface area contributed by atoms with Crippen molar-refractivity contribution in [1.82, 2.24) is 4.98 Å². The molecule has 198 valence electrons. The summed E-state index contributed by atoms with van der Waals surface area (Å²) in [5, 5.41) is 9.97. The summed E-state index contributed by atoms with van der Waals surface area (Å²) in [4.78, 5) is 33.1. The Hall–Kier alpha value is -4.03. The SMILES string of the molecule is CCC1=C2[C@@H](CC/C(=C/c3cccc(O)c3)c3ccccn3)OC[C@@H]2[C@@H]2C(=O)N(c3ccccc3)C(=O)[C@@H]2C1. The van der Waals surface area contributed by atoms with Crippen LogP contribution in [0.1, 0.15) is 43.9 Å². The van der Waals surface area contributed by atoms with Gasteiger partial charge in [0.2, 0.25) is 11.8 Å². The molecule has 1 N–H and O–H groups in total. The van der Waals surface area contributed by atoms with Crippen LogP contribution in [-0.4, -0.2) is 34.6 Å². The first-order valence-electron chi connectivity index (χ1n) is 13.7. The summed E-state index contributed by atoms with van der Waals surface area (Å²) in [6, 6.07) is 22.3. The molecule has 6 rings (SSSR count). The van der Waals surface area contributed by atoms with Crippen LogP contribution in [0.3, 0.4) is 0 Å². The maximum Gasteiger partial charge on any atom is 0.238 e. The fourth-order valence-electron chi connectivity index (χ4n) is 6.57. The number of pyridine rings is 1. The number of phenolic OH excluding ortho intramolecular Hbond substituents is 1. The third-order valence-electron chi connectivity index (χ3n) is 8.33. The average molecular weight is 521 g/mol. The van der Waals surface area contributed by atoms with Crippen molar-refractivity contribution in [1.29, 1.82) is 0 Å². The second-order valence-corrected chi connectivity index (χ2v) is 10.5. The van der Waals surface area contributed by atoms with Gasteiger partial charge in [-0.05, 0) is 84.9 Å². The predicted molar refractivity (Wildman–Crippen MR) is 151 cm³/mol. The zero-order valence-corrected chi connectivity index (χ0v) is 22.0. The predicted octanol–water partition coefficient (Wildman–Crippen LogP) is 6.04. The van der Waals surface area contributed by atoms with E-state index in [9.17, 15) is 14.7 Å². The van der Waals surface area contributed by atoms with Crippen LogP contribution < -0.4 is 4.90 Å². The Morgan fingerprint density at radius 3 is 2.59 bits per heavy atom. The van der Waals surface area contributed by atoms with Gasteiger partial charge < -0.3 is 9.84 Å². The molecule has 3 heterocycles. The van der Waals surface area contributed by atoms with Crippen molar-refractivity contribution in [2.24, 2.45) is 17.8 Å². The van der Waals surface area contributed by atoms with Crippen LogP contribution in [0.4, 0.5) is 5.69 Å². The standard InChI is InChI=1S/C33H32N2O4/c1-2-22-19-26-31(33(38)35(32(26)37)24-10-4-3-5-11-24)27-20-39-29(30(22)27)15-14-23(28-13-6-7-16-34-28)17-21-9-8-12-25(36)18-21/h3-13,16-18,26-27,29,31,36H,2,14-15,19-20H2,1H3/b23-17-/t26-,27+,29-,31-/m1/s1. The van der Waals surface area contributed by atoms with E-state index in [0.29, 0.717) is 18.7 Å². The smallest absolute Gasteiger partial charge is 0.238 e. The maximum absolute atomic E-state index is 13.7. The van der Waals surface area contributed by atoms with Gasteiger partial charge in [0.15, 0.2) is 0 Å². The van der Waals surface area contributed by atoms with E-state index < -0.39 is 0 Å². The lowest BCUT2D eigenvalue weighted by Crippen LogP contribution is -2.34. The van der Waals surface area contributed by atoms with Crippen LogP contribution in [0, 0.1) is 17.8 Å². The summed E-state index contributed by atoms with van der Waals surface area (Å²) in [6.45, 7) is 2.59. The molecular weight excluding hydrogens is 488 g/mol. The molecule has 0 bridgehead atoms. The van der Waals surface area contributed by atoms with Gasteiger partial charge in [0, 0.05) is 12.1 Å².